The molecule has 0 unspecified atom stereocenters. The molecule has 2 aromatic rings. The van der Waals surface area contributed by atoms with Crippen LogP contribution in [0.1, 0.15) is 17.2 Å². The molecule has 0 spiro atoms. The third-order valence-electron chi connectivity index (χ3n) is 3.56. The van der Waals surface area contributed by atoms with Gasteiger partial charge in [-0.25, -0.2) is 9.97 Å². The molecule has 1 aliphatic rings. The SMILES string of the molecule is FC(F)(F)c1ccc([C@H]2COCCN2c2ncccn2)cc1. The van der Waals surface area contributed by atoms with Crippen molar-refractivity contribution < 1.29 is 17.9 Å². The summed E-state index contributed by atoms with van der Waals surface area (Å²) in [6.07, 6.45) is -1.05. The van der Waals surface area contributed by atoms with Crippen LogP contribution in [-0.2, 0) is 10.9 Å². The summed E-state index contributed by atoms with van der Waals surface area (Å²) < 4.78 is 43.4. The van der Waals surface area contributed by atoms with Crippen LogP contribution in [0.15, 0.2) is 42.7 Å². The second-order valence-corrected chi connectivity index (χ2v) is 4.95. The standard InChI is InChI=1S/C15H14F3N3O/c16-15(17,18)12-4-2-11(3-5-12)13-10-22-9-8-21(13)14-19-6-1-7-20-14/h1-7,13H,8-10H2/t13-/m1/s1. The van der Waals surface area contributed by atoms with Gasteiger partial charge in [0.15, 0.2) is 0 Å². The maximum Gasteiger partial charge on any atom is 0.416 e. The second kappa shape index (κ2) is 5.92. The number of halogens is 3. The Morgan fingerprint density at radius 3 is 2.41 bits per heavy atom. The molecule has 1 atom stereocenters. The topological polar surface area (TPSA) is 38.2 Å². The van der Waals surface area contributed by atoms with E-state index in [2.05, 4.69) is 9.97 Å². The number of aromatic nitrogens is 2. The molecule has 4 nitrogen and oxygen atoms in total. The van der Waals surface area contributed by atoms with Gasteiger partial charge in [0.1, 0.15) is 0 Å². The van der Waals surface area contributed by atoms with Crippen LogP contribution in [0.2, 0.25) is 0 Å². The van der Waals surface area contributed by atoms with Crippen molar-refractivity contribution >= 4 is 5.95 Å². The minimum Gasteiger partial charge on any atom is -0.377 e. The van der Waals surface area contributed by atoms with Crippen molar-refractivity contribution in [1.29, 1.82) is 0 Å². The van der Waals surface area contributed by atoms with Crippen molar-refractivity contribution in [3.63, 3.8) is 0 Å². The molecule has 0 aliphatic carbocycles. The third kappa shape index (κ3) is 3.04. The molecular weight excluding hydrogens is 295 g/mol. The molecule has 1 aliphatic heterocycles. The molecule has 2 heterocycles. The van der Waals surface area contributed by atoms with Gasteiger partial charge in [0.2, 0.25) is 5.95 Å². The van der Waals surface area contributed by atoms with Gasteiger partial charge in [0.05, 0.1) is 24.8 Å². The summed E-state index contributed by atoms with van der Waals surface area (Å²) >= 11 is 0. The maximum absolute atomic E-state index is 12.6. The highest BCUT2D eigenvalue weighted by Crippen LogP contribution is 2.32. The Bertz CT molecular complexity index is 616. The van der Waals surface area contributed by atoms with Gasteiger partial charge < -0.3 is 9.64 Å². The first-order chi connectivity index (χ1) is 10.6. The molecule has 0 bridgehead atoms. The number of hydrogen-bond donors (Lipinski definition) is 0. The van der Waals surface area contributed by atoms with E-state index in [0.29, 0.717) is 25.7 Å². The molecule has 1 saturated heterocycles. The zero-order valence-corrected chi connectivity index (χ0v) is 11.6. The van der Waals surface area contributed by atoms with E-state index in [1.807, 2.05) is 4.90 Å². The summed E-state index contributed by atoms with van der Waals surface area (Å²) in [6.45, 7) is 1.52. The molecule has 7 heteroatoms. The van der Waals surface area contributed by atoms with Crippen LogP contribution in [0.25, 0.3) is 0 Å². The lowest BCUT2D eigenvalue weighted by atomic mass is 10.0. The summed E-state index contributed by atoms with van der Waals surface area (Å²) in [5, 5.41) is 0. The van der Waals surface area contributed by atoms with Crippen molar-refractivity contribution in [2.24, 2.45) is 0 Å². The summed E-state index contributed by atoms with van der Waals surface area (Å²) in [6, 6.07) is 6.67. The predicted molar refractivity (Wildman–Crippen MR) is 74.4 cm³/mol. The molecule has 0 saturated carbocycles. The van der Waals surface area contributed by atoms with Gasteiger partial charge in [-0.05, 0) is 23.8 Å². The van der Waals surface area contributed by atoms with Crippen LogP contribution < -0.4 is 4.90 Å². The summed E-state index contributed by atoms with van der Waals surface area (Å²) in [5.41, 5.74) is 0.0932. The van der Waals surface area contributed by atoms with Gasteiger partial charge in [-0.2, -0.15) is 13.2 Å². The van der Waals surface area contributed by atoms with Crippen molar-refractivity contribution in [2.45, 2.75) is 12.2 Å². The number of nitrogens with zero attached hydrogens (tertiary/aromatic N) is 3. The number of hydrogen-bond acceptors (Lipinski definition) is 4. The summed E-state index contributed by atoms with van der Waals surface area (Å²) in [7, 11) is 0. The van der Waals surface area contributed by atoms with Gasteiger partial charge in [-0.3, -0.25) is 0 Å². The Morgan fingerprint density at radius 2 is 1.77 bits per heavy atom. The zero-order chi connectivity index (χ0) is 15.6. The molecule has 116 valence electrons. The molecular formula is C15H14F3N3O. The highest BCUT2D eigenvalue weighted by molar-refractivity contribution is 5.38. The molecule has 1 aromatic heterocycles. The normalized spacial score (nSPS) is 19.2. The predicted octanol–water partition coefficient (Wildman–Crippen LogP) is 3.07. The fourth-order valence-corrected chi connectivity index (χ4v) is 2.45. The fourth-order valence-electron chi connectivity index (χ4n) is 2.45. The number of morpholine rings is 1. The van der Waals surface area contributed by atoms with Crippen LogP contribution in [-0.4, -0.2) is 29.7 Å². The van der Waals surface area contributed by atoms with Gasteiger partial charge in [-0.1, -0.05) is 12.1 Å². The van der Waals surface area contributed by atoms with Gasteiger partial charge in [-0.15, -0.1) is 0 Å². The van der Waals surface area contributed by atoms with Gasteiger partial charge >= 0.3 is 6.18 Å². The maximum atomic E-state index is 12.6. The first-order valence-corrected chi connectivity index (χ1v) is 6.84. The fraction of sp³-hybridized carbons (Fsp3) is 0.333. The van der Waals surface area contributed by atoms with Crippen LogP contribution in [0.4, 0.5) is 19.1 Å². The Kier molecular flexibility index (Phi) is 3.98. The van der Waals surface area contributed by atoms with Gasteiger partial charge in [0.25, 0.3) is 0 Å². The van der Waals surface area contributed by atoms with E-state index in [1.54, 1.807) is 18.5 Å². The van der Waals surface area contributed by atoms with Crippen molar-refractivity contribution in [2.75, 3.05) is 24.7 Å². The molecule has 1 aromatic carbocycles. The molecule has 1 fully saturated rings. The second-order valence-electron chi connectivity index (χ2n) is 4.95. The average molecular weight is 309 g/mol. The molecule has 22 heavy (non-hydrogen) atoms. The summed E-state index contributed by atoms with van der Waals surface area (Å²) in [5.74, 6) is 0.552. The van der Waals surface area contributed by atoms with Gasteiger partial charge in [0, 0.05) is 18.9 Å². The quantitative estimate of drug-likeness (QED) is 0.854. The van der Waals surface area contributed by atoms with Crippen LogP contribution >= 0.6 is 0 Å². The lowest BCUT2D eigenvalue weighted by molar-refractivity contribution is -0.137. The smallest absolute Gasteiger partial charge is 0.377 e. The van der Waals surface area contributed by atoms with E-state index in [4.69, 9.17) is 4.74 Å². The average Bonchev–Trinajstić information content (AvgIpc) is 2.55. The van der Waals surface area contributed by atoms with E-state index >= 15 is 0 Å². The third-order valence-corrected chi connectivity index (χ3v) is 3.56. The first-order valence-electron chi connectivity index (χ1n) is 6.84. The Hall–Kier alpha value is -2.15. The lowest BCUT2D eigenvalue weighted by Crippen LogP contribution is -2.40. The minimum atomic E-state index is -4.33. The van der Waals surface area contributed by atoms with Crippen molar-refractivity contribution in [1.82, 2.24) is 9.97 Å². The number of ether oxygens (including phenoxy) is 1. The van der Waals surface area contributed by atoms with E-state index in [1.165, 1.54) is 12.1 Å². The van der Waals surface area contributed by atoms with E-state index in [0.717, 1.165) is 17.7 Å². The number of rotatable bonds is 2. The van der Waals surface area contributed by atoms with Crippen molar-refractivity contribution in [3.05, 3.63) is 53.9 Å². The Labute approximate surface area is 125 Å². The molecule has 0 N–H and O–H groups in total. The van der Waals surface area contributed by atoms with E-state index < -0.39 is 11.7 Å². The largest absolute Gasteiger partial charge is 0.416 e. The molecule has 0 amide bonds. The highest BCUT2D eigenvalue weighted by atomic mass is 19.4. The summed E-state index contributed by atoms with van der Waals surface area (Å²) in [4.78, 5) is 10.4. The van der Waals surface area contributed by atoms with Crippen LogP contribution in [0, 0.1) is 0 Å². The Morgan fingerprint density at radius 1 is 1.09 bits per heavy atom. The number of benzene rings is 1. The minimum absolute atomic E-state index is 0.196. The number of alkyl halides is 3. The Balaban J connectivity index is 1.88. The molecule has 0 radical (unpaired) electrons. The monoisotopic (exact) mass is 309 g/mol. The van der Waals surface area contributed by atoms with Crippen LogP contribution in [0.5, 0.6) is 0 Å². The lowest BCUT2D eigenvalue weighted by Gasteiger charge is -2.35. The number of anilines is 1. The first kappa shape index (κ1) is 14.8. The van der Waals surface area contributed by atoms with E-state index in [-0.39, 0.29) is 6.04 Å². The molecule has 3 rings (SSSR count). The van der Waals surface area contributed by atoms with E-state index in [9.17, 15) is 13.2 Å². The highest BCUT2D eigenvalue weighted by Gasteiger charge is 2.31. The van der Waals surface area contributed by atoms with Crippen LogP contribution in [0.3, 0.4) is 0 Å². The van der Waals surface area contributed by atoms with Crippen molar-refractivity contribution in [3.8, 4) is 0 Å². The zero-order valence-electron chi connectivity index (χ0n) is 11.6.